The summed E-state index contributed by atoms with van der Waals surface area (Å²) in [6.07, 6.45) is 5.70. The molecule has 22 heavy (non-hydrogen) atoms. The van der Waals surface area contributed by atoms with E-state index in [-0.39, 0.29) is 12.5 Å². The molecule has 4 nitrogen and oxygen atoms in total. The number of pyridine rings is 1. The Balaban J connectivity index is 1.99. The van der Waals surface area contributed by atoms with Crippen LogP contribution in [0.2, 0.25) is 0 Å². The molecule has 1 unspecified atom stereocenters. The van der Waals surface area contributed by atoms with Crippen LogP contribution < -0.4 is 5.32 Å². The molecule has 0 aliphatic heterocycles. The van der Waals surface area contributed by atoms with Gasteiger partial charge in [0, 0.05) is 12.3 Å². The molecule has 1 atom stereocenters. The first kappa shape index (κ1) is 15.9. The van der Waals surface area contributed by atoms with Crippen molar-refractivity contribution < 1.29 is 9.90 Å². The van der Waals surface area contributed by atoms with Gasteiger partial charge in [0.15, 0.2) is 0 Å². The van der Waals surface area contributed by atoms with Crippen molar-refractivity contribution in [2.45, 2.75) is 19.4 Å². The van der Waals surface area contributed by atoms with Gasteiger partial charge in [0.2, 0.25) is 5.91 Å². The number of nitrogens with zero attached hydrogens (tertiary/aromatic N) is 1. The molecule has 1 aromatic heterocycles. The molecule has 0 aliphatic rings. The maximum atomic E-state index is 11.9. The Morgan fingerprint density at radius 1 is 1.27 bits per heavy atom. The summed E-state index contributed by atoms with van der Waals surface area (Å²) in [5.74, 6) is -0.260. The molecule has 114 valence electrons. The minimum absolute atomic E-state index is 0.144. The number of rotatable bonds is 6. The number of amides is 1. The second kappa shape index (κ2) is 8.10. The maximum Gasteiger partial charge on any atom is 0.244 e. The summed E-state index contributed by atoms with van der Waals surface area (Å²) in [7, 11) is 0. The summed E-state index contributed by atoms with van der Waals surface area (Å²) in [6.45, 7) is 1.94. The van der Waals surface area contributed by atoms with Gasteiger partial charge >= 0.3 is 0 Å². The number of carbonyl (C=O) groups is 1. The number of aliphatic hydroxyl groups excluding tert-OH is 1. The Bertz CT molecular complexity index is 621. The van der Waals surface area contributed by atoms with Gasteiger partial charge in [-0.15, -0.1) is 0 Å². The number of benzene rings is 1. The number of hydrogen-bond donors (Lipinski definition) is 2. The summed E-state index contributed by atoms with van der Waals surface area (Å²) in [5.41, 5.74) is 2.83. The molecular formula is C18H20N2O2. The van der Waals surface area contributed by atoms with Crippen LogP contribution in [-0.2, 0) is 11.2 Å². The molecule has 0 fully saturated rings. The smallest absolute Gasteiger partial charge is 0.244 e. The molecular weight excluding hydrogens is 276 g/mol. The molecule has 1 aromatic carbocycles. The molecule has 0 bridgehead atoms. The highest BCUT2D eigenvalue weighted by atomic mass is 16.3. The molecule has 0 saturated heterocycles. The molecule has 0 saturated carbocycles. The van der Waals surface area contributed by atoms with Crippen molar-refractivity contribution in [2.24, 2.45) is 0 Å². The molecule has 0 aliphatic carbocycles. The molecule has 4 heteroatoms. The van der Waals surface area contributed by atoms with E-state index in [0.29, 0.717) is 5.69 Å². The fraction of sp³-hybridized carbons (Fsp3) is 0.222. The zero-order chi connectivity index (χ0) is 15.8. The third kappa shape index (κ3) is 4.53. The van der Waals surface area contributed by atoms with Gasteiger partial charge in [0.1, 0.15) is 0 Å². The number of aliphatic hydroxyl groups is 1. The standard InChI is InChI=1S/C18H20N2O2/c1-2-14-6-8-15(9-7-14)17(13-21)20-18(22)11-10-16-5-3-4-12-19-16/h3-12,17,21H,2,13H2,1H3,(H,20,22)/b11-10+. The molecule has 0 spiro atoms. The van der Waals surface area contributed by atoms with E-state index in [1.54, 1.807) is 12.3 Å². The largest absolute Gasteiger partial charge is 0.394 e. The Hall–Kier alpha value is -2.46. The Kier molecular flexibility index (Phi) is 5.86. The third-order valence-electron chi connectivity index (χ3n) is 3.38. The lowest BCUT2D eigenvalue weighted by Gasteiger charge is -2.16. The fourth-order valence-corrected chi connectivity index (χ4v) is 2.08. The molecule has 2 aromatic rings. The number of hydrogen-bond acceptors (Lipinski definition) is 3. The van der Waals surface area contributed by atoms with Crippen LogP contribution in [0.4, 0.5) is 0 Å². The second-order valence-electron chi connectivity index (χ2n) is 4.93. The molecule has 0 radical (unpaired) electrons. The first-order chi connectivity index (χ1) is 10.7. The van der Waals surface area contributed by atoms with Crippen LogP contribution in [0.15, 0.2) is 54.7 Å². The zero-order valence-corrected chi connectivity index (χ0v) is 12.6. The first-order valence-electron chi connectivity index (χ1n) is 7.32. The van der Waals surface area contributed by atoms with E-state index in [1.807, 2.05) is 42.5 Å². The summed E-state index contributed by atoms with van der Waals surface area (Å²) in [6, 6.07) is 13.0. The van der Waals surface area contributed by atoms with Crippen molar-refractivity contribution in [3.05, 3.63) is 71.6 Å². The van der Waals surface area contributed by atoms with E-state index in [2.05, 4.69) is 17.2 Å². The summed E-state index contributed by atoms with van der Waals surface area (Å²) < 4.78 is 0. The van der Waals surface area contributed by atoms with Gasteiger partial charge in [0.05, 0.1) is 18.3 Å². The normalized spacial score (nSPS) is 12.3. The van der Waals surface area contributed by atoms with E-state index < -0.39 is 6.04 Å². The van der Waals surface area contributed by atoms with Gasteiger partial charge in [-0.05, 0) is 35.8 Å². The molecule has 1 amide bonds. The Labute approximate surface area is 130 Å². The number of carbonyl (C=O) groups excluding carboxylic acids is 1. The van der Waals surface area contributed by atoms with E-state index in [9.17, 15) is 9.90 Å². The van der Waals surface area contributed by atoms with Crippen LogP contribution in [0.5, 0.6) is 0 Å². The van der Waals surface area contributed by atoms with Gasteiger partial charge in [-0.3, -0.25) is 9.78 Å². The molecule has 1 heterocycles. The highest BCUT2D eigenvalue weighted by Crippen LogP contribution is 2.14. The van der Waals surface area contributed by atoms with Crippen molar-refractivity contribution in [1.29, 1.82) is 0 Å². The van der Waals surface area contributed by atoms with Gasteiger partial charge in [-0.1, -0.05) is 37.3 Å². The summed E-state index contributed by atoms with van der Waals surface area (Å²) >= 11 is 0. The minimum Gasteiger partial charge on any atom is -0.394 e. The Morgan fingerprint density at radius 3 is 2.64 bits per heavy atom. The highest BCUT2D eigenvalue weighted by Gasteiger charge is 2.11. The molecule has 2 rings (SSSR count). The minimum atomic E-state index is -0.410. The monoisotopic (exact) mass is 296 g/mol. The van der Waals surface area contributed by atoms with Crippen LogP contribution in [0, 0.1) is 0 Å². The van der Waals surface area contributed by atoms with Crippen molar-refractivity contribution in [2.75, 3.05) is 6.61 Å². The van der Waals surface area contributed by atoms with Crippen LogP contribution in [0.25, 0.3) is 6.08 Å². The van der Waals surface area contributed by atoms with E-state index >= 15 is 0 Å². The van der Waals surface area contributed by atoms with Gasteiger partial charge < -0.3 is 10.4 Å². The van der Waals surface area contributed by atoms with Crippen LogP contribution in [-0.4, -0.2) is 22.6 Å². The lowest BCUT2D eigenvalue weighted by atomic mass is 10.0. The van der Waals surface area contributed by atoms with Crippen molar-refractivity contribution in [3.8, 4) is 0 Å². The lowest BCUT2D eigenvalue weighted by molar-refractivity contribution is -0.117. The van der Waals surface area contributed by atoms with Crippen molar-refractivity contribution in [1.82, 2.24) is 10.3 Å². The van der Waals surface area contributed by atoms with Gasteiger partial charge in [0.25, 0.3) is 0 Å². The predicted molar refractivity (Wildman–Crippen MR) is 87.1 cm³/mol. The predicted octanol–water partition coefficient (Wildman–Crippen LogP) is 2.51. The van der Waals surface area contributed by atoms with E-state index in [4.69, 9.17) is 0 Å². The fourth-order valence-electron chi connectivity index (χ4n) is 2.08. The zero-order valence-electron chi connectivity index (χ0n) is 12.6. The van der Waals surface area contributed by atoms with E-state index in [0.717, 1.165) is 12.0 Å². The molecule has 2 N–H and O–H groups in total. The lowest BCUT2D eigenvalue weighted by Crippen LogP contribution is -2.29. The van der Waals surface area contributed by atoms with Crippen LogP contribution >= 0.6 is 0 Å². The van der Waals surface area contributed by atoms with Crippen LogP contribution in [0.3, 0.4) is 0 Å². The number of aryl methyl sites for hydroxylation is 1. The second-order valence-corrected chi connectivity index (χ2v) is 4.93. The van der Waals surface area contributed by atoms with Crippen molar-refractivity contribution in [3.63, 3.8) is 0 Å². The summed E-state index contributed by atoms with van der Waals surface area (Å²) in [4.78, 5) is 16.1. The Morgan fingerprint density at radius 2 is 2.05 bits per heavy atom. The average molecular weight is 296 g/mol. The quantitative estimate of drug-likeness (QED) is 0.805. The van der Waals surface area contributed by atoms with E-state index in [1.165, 1.54) is 11.6 Å². The topological polar surface area (TPSA) is 62.2 Å². The third-order valence-corrected chi connectivity index (χ3v) is 3.38. The number of aromatic nitrogens is 1. The summed E-state index contributed by atoms with van der Waals surface area (Å²) in [5, 5.41) is 12.3. The maximum absolute atomic E-state index is 11.9. The van der Waals surface area contributed by atoms with Crippen molar-refractivity contribution >= 4 is 12.0 Å². The number of nitrogens with one attached hydrogen (secondary N) is 1. The van der Waals surface area contributed by atoms with Gasteiger partial charge in [-0.2, -0.15) is 0 Å². The van der Waals surface area contributed by atoms with Crippen LogP contribution in [0.1, 0.15) is 29.8 Å². The average Bonchev–Trinajstić information content (AvgIpc) is 2.59. The first-order valence-corrected chi connectivity index (χ1v) is 7.32. The SMILES string of the molecule is CCc1ccc(C(CO)NC(=O)/C=C/c2ccccn2)cc1. The van der Waals surface area contributed by atoms with Gasteiger partial charge in [-0.25, -0.2) is 0 Å². The highest BCUT2D eigenvalue weighted by molar-refractivity contribution is 5.91.